The van der Waals surface area contributed by atoms with E-state index in [1.165, 1.54) is 0 Å². The van der Waals surface area contributed by atoms with Gasteiger partial charge in [0.25, 0.3) is 5.91 Å². The van der Waals surface area contributed by atoms with Crippen molar-refractivity contribution in [1.29, 1.82) is 0 Å². The number of benzene rings is 2. The Morgan fingerprint density at radius 3 is 2.61 bits per heavy atom. The van der Waals surface area contributed by atoms with Crippen LogP contribution in [-0.4, -0.2) is 62.7 Å². The molecule has 2 fully saturated rings. The summed E-state index contributed by atoms with van der Waals surface area (Å²) in [7, 11) is -1.47. The summed E-state index contributed by atoms with van der Waals surface area (Å²) in [4.78, 5) is 20.1. The summed E-state index contributed by atoms with van der Waals surface area (Å²) in [6, 6.07) is 11.6. The van der Waals surface area contributed by atoms with Crippen LogP contribution in [0.4, 0.5) is 0 Å². The fraction of sp³-hybridized carbons (Fsp3) is 0.478. The highest BCUT2D eigenvalue weighted by atomic mass is 32.2. The second-order valence-corrected chi connectivity index (χ2v) is 10.4. The first-order valence-corrected chi connectivity index (χ1v) is 12.5. The molecule has 1 saturated heterocycles. The predicted molar refractivity (Wildman–Crippen MR) is 120 cm³/mol. The highest BCUT2D eigenvalue weighted by Crippen LogP contribution is 2.29. The molecule has 0 aromatic heterocycles. The molecule has 1 aliphatic carbocycles. The van der Waals surface area contributed by atoms with Crippen LogP contribution in [0, 0.1) is 0 Å². The van der Waals surface area contributed by atoms with Gasteiger partial charge in [0.2, 0.25) is 0 Å². The van der Waals surface area contributed by atoms with Crippen molar-refractivity contribution < 1.29 is 22.8 Å². The molecule has 1 aliphatic heterocycles. The molecule has 1 atom stereocenters. The molecule has 1 amide bonds. The first-order chi connectivity index (χ1) is 15.0. The molecule has 0 N–H and O–H groups in total. The Balaban J connectivity index is 1.46. The molecule has 0 spiro atoms. The van der Waals surface area contributed by atoms with Crippen LogP contribution in [0.3, 0.4) is 0 Å². The molecule has 2 aromatic rings. The topological polar surface area (TPSA) is 85.3 Å². The lowest BCUT2D eigenvalue weighted by Gasteiger charge is -2.33. The minimum atomic E-state index is -3.07. The summed E-state index contributed by atoms with van der Waals surface area (Å²) < 4.78 is 29.4. The van der Waals surface area contributed by atoms with Gasteiger partial charge in [-0.05, 0) is 36.1 Å². The minimum absolute atomic E-state index is 0.0473. The summed E-state index contributed by atoms with van der Waals surface area (Å²) in [6.45, 7) is -0.212. The van der Waals surface area contributed by atoms with Gasteiger partial charge in [-0.15, -0.1) is 0 Å². The zero-order chi connectivity index (χ0) is 21.8. The van der Waals surface area contributed by atoms with Crippen LogP contribution in [0.5, 0.6) is 5.75 Å². The van der Waals surface area contributed by atoms with E-state index in [0.717, 1.165) is 42.0 Å². The Labute approximate surface area is 182 Å². The smallest absolute Gasteiger partial charge is 0.263 e. The van der Waals surface area contributed by atoms with Crippen LogP contribution in [0.1, 0.15) is 37.7 Å². The molecule has 1 heterocycles. The van der Waals surface area contributed by atoms with E-state index in [4.69, 9.17) is 9.57 Å². The SMILES string of the molecule is COc1ccc2ccccc2c1/C=N/OCC(=O)N(C1CCCC1)C1CCS(=O)(=O)C1. The Morgan fingerprint density at radius 2 is 1.90 bits per heavy atom. The normalized spacial score (nSPS) is 21.0. The minimum Gasteiger partial charge on any atom is -0.496 e. The zero-order valence-corrected chi connectivity index (χ0v) is 18.5. The lowest BCUT2D eigenvalue weighted by Crippen LogP contribution is -2.48. The average molecular weight is 445 g/mol. The largest absolute Gasteiger partial charge is 0.496 e. The number of nitrogens with zero attached hydrogens (tertiary/aromatic N) is 2. The number of carbonyl (C=O) groups excluding carboxylic acids is 1. The summed E-state index contributed by atoms with van der Waals surface area (Å²) in [5, 5.41) is 6.06. The first kappa shape index (κ1) is 21.6. The summed E-state index contributed by atoms with van der Waals surface area (Å²) in [6.07, 6.45) is 6.02. The van der Waals surface area contributed by atoms with Gasteiger partial charge in [-0.25, -0.2) is 8.42 Å². The fourth-order valence-corrected chi connectivity index (χ4v) is 6.44. The second-order valence-electron chi connectivity index (χ2n) is 8.21. The summed E-state index contributed by atoms with van der Waals surface area (Å²) in [5.74, 6) is 0.664. The average Bonchev–Trinajstić information content (AvgIpc) is 3.41. The van der Waals surface area contributed by atoms with Gasteiger partial charge in [0.15, 0.2) is 16.4 Å². The third-order valence-electron chi connectivity index (χ3n) is 6.20. The third kappa shape index (κ3) is 4.84. The molecule has 0 radical (unpaired) electrons. The Hall–Kier alpha value is -2.61. The number of oxime groups is 1. The van der Waals surface area contributed by atoms with Gasteiger partial charge in [-0.1, -0.05) is 48.3 Å². The van der Waals surface area contributed by atoms with Gasteiger partial charge >= 0.3 is 0 Å². The first-order valence-electron chi connectivity index (χ1n) is 10.7. The molecule has 8 heteroatoms. The molecule has 2 aromatic carbocycles. The maximum atomic E-state index is 13.0. The van der Waals surface area contributed by atoms with Crippen molar-refractivity contribution in [3.63, 3.8) is 0 Å². The number of hydrogen-bond acceptors (Lipinski definition) is 6. The van der Waals surface area contributed by atoms with Crippen molar-refractivity contribution in [3.05, 3.63) is 42.0 Å². The number of ether oxygens (including phenoxy) is 1. The molecule has 1 unspecified atom stereocenters. The van der Waals surface area contributed by atoms with Gasteiger partial charge in [-0.3, -0.25) is 4.79 Å². The Kier molecular flexibility index (Phi) is 6.46. The molecule has 1 saturated carbocycles. The molecular weight excluding hydrogens is 416 g/mol. The predicted octanol–water partition coefficient (Wildman–Crippen LogP) is 3.16. The van der Waals surface area contributed by atoms with Crippen molar-refractivity contribution in [2.75, 3.05) is 25.2 Å². The van der Waals surface area contributed by atoms with E-state index in [0.29, 0.717) is 12.2 Å². The monoisotopic (exact) mass is 444 g/mol. The molecule has 4 rings (SSSR count). The molecular formula is C23H28N2O5S. The van der Waals surface area contributed by atoms with E-state index in [-0.39, 0.29) is 36.1 Å². The number of carbonyl (C=O) groups is 1. The number of rotatable bonds is 7. The number of sulfone groups is 1. The van der Waals surface area contributed by atoms with Gasteiger partial charge in [0.05, 0.1) is 24.8 Å². The number of hydrogen-bond donors (Lipinski definition) is 0. The highest BCUT2D eigenvalue weighted by Gasteiger charge is 2.39. The molecule has 0 bridgehead atoms. The van der Waals surface area contributed by atoms with E-state index < -0.39 is 9.84 Å². The van der Waals surface area contributed by atoms with Crippen molar-refractivity contribution in [3.8, 4) is 5.75 Å². The van der Waals surface area contributed by atoms with Crippen LogP contribution in [0.2, 0.25) is 0 Å². The Morgan fingerprint density at radius 1 is 1.13 bits per heavy atom. The third-order valence-corrected chi connectivity index (χ3v) is 7.95. The van der Waals surface area contributed by atoms with Crippen LogP contribution in [0.15, 0.2) is 41.6 Å². The van der Waals surface area contributed by atoms with Crippen molar-refractivity contribution in [1.82, 2.24) is 4.90 Å². The number of methoxy groups -OCH3 is 1. The maximum absolute atomic E-state index is 13.0. The molecule has 2 aliphatic rings. The van der Waals surface area contributed by atoms with E-state index in [1.807, 2.05) is 36.4 Å². The van der Waals surface area contributed by atoms with Gasteiger partial charge < -0.3 is 14.5 Å². The van der Waals surface area contributed by atoms with Crippen molar-refractivity contribution >= 4 is 32.7 Å². The van der Waals surface area contributed by atoms with Gasteiger partial charge in [0.1, 0.15) is 5.75 Å². The van der Waals surface area contributed by atoms with Crippen LogP contribution in [-0.2, 0) is 19.5 Å². The summed E-state index contributed by atoms with van der Waals surface area (Å²) >= 11 is 0. The number of fused-ring (bicyclic) bond motifs is 1. The van der Waals surface area contributed by atoms with Gasteiger partial charge in [-0.2, -0.15) is 0 Å². The lowest BCUT2D eigenvalue weighted by molar-refractivity contribution is -0.140. The second kappa shape index (κ2) is 9.26. The maximum Gasteiger partial charge on any atom is 0.263 e. The molecule has 31 heavy (non-hydrogen) atoms. The number of amides is 1. The summed E-state index contributed by atoms with van der Waals surface area (Å²) in [5.41, 5.74) is 0.780. The van der Waals surface area contributed by atoms with Gasteiger partial charge in [0, 0.05) is 17.6 Å². The molecule has 166 valence electrons. The quantitative estimate of drug-likeness (QED) is 0.484. The zero-order valence-electron chi connectivity index (χ0n) is 17.7. The molecule has 7 nitrogen and oxygen atoms in total. The van der Waals surface area contributed by atoms with E-state index in [9.17, 15) is 13.2 Å². The van der Waals surface area contributed by atoms with E-state index in [1.54, 1.807) is 18.2 Å². The van der Waals surface area contributed by atoms with Crippen LogP contribution >= 0.6 is 0 Å². The fourth-order valence-electron chi connectivity index (χ4n) is 4.73. The standard InChI is InChI=1S/C23H28N2O5S/c1-29-22-11-10-17-6-2-5-9-20(17)21(22)14-24-30-15-23(26)25(18-7-3-4-8-18)19-12-13-31(27,28)16-19/h2,5-6,9-11,14,18-19H,3-4,7-8,12-13,15-16H2,1H3/b24-14+. The lowest BCUT2D eigenvalue weighted by atomic mass is 10.0. The van der Waals surface area contributed by atoms with Crippen LogP contribution < -0.4 is 4.74 Å². The van der Waals surface area contributed by atoms with Crippen molar-refractivity contribution in [2.45, 2.75) is 44.2 Å². The van der Waals surface area contributed by atoms with Crippen molar-refractivity contribution in [2.24, 2.45) is 5.16 Å². The van der Waals surface area contributed by atoms with Crippen LogP contribution in [0.25, 0.3) is 10.8 Å². The van der Waals surface area contributed by atoms with E-state index in [2.05, 4.69) is 5.16 Å². The Bertz CT molecular complexity index is 1080. The highest BCUT2D eigenvalue weighted by molar-refractivity contribution is 7.91. The van der Waals surface area contributed by atoms with E-state index >= 15 is 0 Å².